The average Bonchev–Trinajstić information content (AvgIpc) is 2.66. The lowest BCUT2D eigenvalue weighted by atomic mass is 10.1. The summed E-state index contributed by atoms with van der Waals surface area (Å²) in [6, 6.07) is 14.3. The topological polar surface area (TPSA) is 52.0 Å². The number of fused-ring (bicyclic) bond motifs is 1. The largest absolute Gasteiger partial charge is 0.293 e. The smallest absolute Gasteiger partial charge is 0.262 e. The van der Waals surface area contributed by atoms with Crippen LogP contribution in [0.4, 0.5) is 0 Å². The van der Waals surface area contributed by atoms with Gasteiger partial charge in [0.25, 0.3) is 5.56 Å². The summed E-state index contributed by atoms with van der Waals surface area (Å²) in [6.45, 7) is 2.67. The molecule has 0 N–H and O–H groups in total. The second-order valence-corrected chi connectivity index (χ2v) is 7.26. The van der Waals surface area contributed by atoms with Gasteiger partial charge in [-0.25, -0.2) is 4.98 Å². The van der Waals surface area contributed by atoms with Crippen LogP contribution in [0.2, 0.25) is 5.02 Å². The van der Waals surface area contributed by atoms with E-state index in [0.717, 1.165) is 12.8 Å². The molecule has 0 radical (unpaired) electrons. The lowest BCUT2D eigenvalue weighted by molar-refractivity contribution is 0.102. The Morgan fingerprint density at radius 2 is 1.88 bits per heavy atom. The molecule has 0 atom stereocenters. The van der Waals surface area contributed by atoms with E-state index in [1.807, 2.05) is 18.2 Å². The van der Waals surface area contributed by atoms with Gasteiger partial charge in [-0.15, -0.1) is 0 Å². The third-order valence-corrected chi connectivity index (χ3v) is 5.37. The number of Topliss-reactive ketones (excluding diaryl/α,β-unsaturated/α-hetero) is 1. The Hall–Kier alpha value is -2.11. The van der Waals surface area contributed by atoms with Crippen LogP contribution in [0.15, 0.2) is 58.5 Å². The Morgan fingerprint density at radius 1 is 1.15 bits per heavy atom. The Morgan fingerprint density at radius 3 is 2.65 bits per heavy atom. The molecule has 4 nitrogen and oxygen atoms in total. The minimum absolute atomic E-state index is 0.0586. The highest BCUT2D eigenvalue weighted by atomic mass is 35.5. The summed E-state index contributed by atoms with van der Waals surface area (Å²) in [4.78, 5) is 29.9. The van der Waals surface area contributed by atoms with Crippen molar-refractivity contribution in [3.63, 3.8) is 0 Å². The quantitative estimate of drug-likeness (QED) is 0.331. The van der Waals surface area contributed by atoms with Gasteiger partial charge >= 0.3 is 0 Å². The molecule has 1 aromatic heterocycles. The lowest BCUT2D eigenvalue weighted by Crippen LogP contribution is -2.24. The number of hydrogen-bond donors (Lipinski definition) is 0. The maximum Gasteiger partial charge on any atom is 0.262 e. The number of hydrogen-bond acceptors (Lipinski definition) is 4. The van der Waals surface area contributed by atoms with Gasteiger partial charge in [-0.05, 0) is 30.7 Å². The number of carbonyl (C=O) groups excluding carboxylic acids is 1. The van der Waals surface area contributed by atoms with Crippen LogP contribution < -0.4 is 5.56 Å². The number of carbonyl (C=O) groups is 1. The molecule has 0 saturated heterocycles. The summed E-state index contributed by atoms with van der Waals surface area (Å²) in [7, 11) is 0. The predicted molar refractivity (Wildman–Crippen MR) is 107 cm³/mol. The molecule has 0 bridgehead atoms. The van der Waals surface area contributed by atoms with E-state index in [1.54, 1.807) is 34.9 Å². The van der Waals surface area contributed by atoms with Gasteiger partial charge in [0.2, 0.25) is 0 Å². The van der Waals surface area contributed by atoms with Crippen molar-refractivity contribution in [2.45, 2.75) is 31.5 Å². The number of benzene rings is 2. The van der Waals surface area contributed by atoms with Crippen molar-refractivity contribution in [1.82, 2.24) is 9.55 Å². The van der Waals surface area contributed by atoms with Crippen LogP contribution >= 0.6 is 23.4 Å². The van der Waals surface area contributed by atoms with E-state index in [-0.39, 0.29) is 17.1 Å². The molecule has 0 aliphatic heterocycles. The molecule has 26 heavy (non-hydrogen) atoms. The Bertz CT molecular complexity index is 1000. The molecule has 0 fully saturated rings. The van der Waals surface area contributed by atoms with Crippen molar-refractivity contribution in [2.24, 2.45) is 0 Å². The van der Waals surface area contributed by atoms with Crippen LogP contribution in [-0.4, -0.2) is 21.1 Å². The van der Waals surface area contributed by atoms with Crippen LogP contribution in [0.1, 0.15) is 30.1 Å². The first kappa shape index (κ1) is 18.7. The summed E-state index contributed by atoms with van der Waals surface area (Å²) in [5, 5.41) is 1.61. The number of halogens is 1. The van der Waals surface area contributed by atoms with Crippen LogP contribution in [0.5, 0.6) is 0 Å². The molecule has 134 valence electrons. The van der Waals surface area contributed by atoms with Crippen molar-refractivity contribution in [1.29, 1.82) is 0 Å². The molecule has 6 heteroatoms. The molecule has 3 rings (SSSR count). The first-order valence-corrected chi connectivity index (χ1v) is 9.88. The van der Waals surface area contributed by atoms with Crippen LogP contribution in [0, 0.1) is 0 Å². The zero-order valence-electron chi connectivity index (χ0n) is 14.4. The fourth-order valence-corrected chi connectivity index (χ4v) is 3.82. The second-order valence-electron chi connectivity index (χ2n) is 5.91. The molecule has 2 aromatic carbocycles. The van der Waals surface area contributed by atoms with E-state index in [4.69, 9.17) is 11.6 Å². The summed E-state index contributed by atoms with van der Waals surface area (Å²) < 4.78 is 1.68. The first-order valence-electron chi connectivity index (χ1n) is 8.52. The van der Waals surface area contributed by atoms with Crippen LogP contribution in [0.3, 0.4) is 0 Å². The Balaban J connectivity index is 1.92. The summed E-state index contributed by atoms with van der Waals surface area (Å²) in [5.74, 6) is 0.103. The first-order chi connectivity index (χ1) is 12.6. The zero-order chi connectivity index (χ0) is 18.5. The Kier molecular flexibility index (Phi) is 6.12. The molecule has 0 amide bonds. The van der Waals surface area contributed by atoms with Gasteiger partial charge in [-0.3, -0.25) is 14.2 Å². The van der Waals surface area contributed by atoms with Gasteiger partial charge in [0.05, 0.1) is 21.7 Å². The standard InChI is InChI=1S/C20H19ClN2O2S/c1-2-3-12-23-19(25)15-9-5-7-11-17(15)22-20(23)26-13-18(24)14-8-4-6-10-16(14)21/h4-11H,2-3,12-13H2,1H3. The highest BCUT2D eigenvalue weighted by Crippen LogP contribution is 2.22. The zero-order valence-corrected chi connectivity index (χ0v) is 16.0. The van der Waals surface area contributed by atoms with E-state index in [1.165, 1.54) is 11.8 Å². The molecular formula is C20H19ClN2O2S. The molecule has 0 spiro atoms. The van der Waals surface area contributed by atoms with Crippen molar-refractivity contribution in [3.8, 4) is 0 Å². The SMILES string of the molecule is CCCCn1c(SCC(=O)c2ccccc2Cl)nc2ccccc2c1=O. The number of thioether (sulfide) groups is 1. The average molecular weight is 387 g/mol. The molecular weight excluding hydrogens is 368 g/mol. The Labute approximate surface area is 161 Å². The number of nitrogens with zero attached hydrogens (tertiary/aromatic N) is 2. The molecule has 1 heterocycles. The highest BCUT2D eigenvalue weighted by molar-refractivity contribution is 7.99. The van der Waals surface area contributed by atoms with E-state index in [9.17, 15) is 9.59 Å². The van der Waals surface area contributed by atoms with E-state index >= 15 is 0 Å². The maximum absolute atomic E-state index is 12.8. The van der Waals surface area contributed by atoms with Gasteiger partial charge in [-0.2, -0.15) is 0 Å². The minimum atomic E-state index is -0.0787. The fourth-order valence-electron chi connectivity index (χ4n) is 2.67. The van der Waals surface area contributed by atoms with Crippen molar-refractivity contribution >= 4 is 40.0 Å². The third-order valence-electron chi connectivity index (χ3n) is 4.07. The van der Waals surface area contributed by atoms with Crippen LogP contribution in [0.25, 0.3) is 10.9 Å². The number of rotatable bonds is 7. The number of ketones is 1. The van der Waals surface area contributed by atoms with E-state index in [2.05, 4.69) is 11.9 Å². The number of aromatic nitrogens is 2. The van der Waals surface area contributed by atoms with Gasteiger partial charge in [0, 0.05) is 12.1 Å². The molecule has 0 aliphatic carbocycles. The van der Waals surface area contributed by atoms with E-state index in [0.29, 0.717) is 33.2 Å². The summed E-state index contributed by atoms with van der Waals surface area (Å²) in [6.07, 6.45) is 1.86. The number of unbranched alkanes of at least 4 members (excludes halogenated alkanes) is 1. The van der Waals surface area contributed by atoms with Gasteiger partial charge in [0.1, 0.15) is 0 Å². The highest BCUT2D eigenvalue weighted by Gasteiger charge is 2.15. The molecule has 0 saturated carbocycles. The van der Waals surface area contributed by atoms with Crippen LogP contribution in [-0.2, 0) is 6.54 Å². The second kappa shape index (κ2) is 8.52. The number of para-hydroxylation sites is 1. The minimum Gasteiger partial charge on any atom is -0.293 e. The maximum atomic E-state index is 12.8. The van der Waals surface area contributed by atoms with Crippen molar-refractivity contribution in [2.75, 3.05) is 5.75 Å². The third kappa shape index (κ3) is 4.00. The lowest BCUT2D eigenvalue weighted by Gasteiger charge is -2.12. The van der Waals surface area contributed by atoms with E-state index < -0.39 is 0 Å². The summed E-state index contributed by atoms with van der Waals surface area (Å²) >= 11 is 7.38. The monoisotopic (exact) mass is 386 g/mol. The molecule has 0 unspecified atom stereocenters. The summed E-state index contributed by atoms with van der Waals surface area (Å²) in [5.41, 5.74) is 1.08. The van der Waals surface area contributed by atoms with Gasteiger partial charge in [-0.1, -0.05) is 61.0 Å². The van der Waals surface area contributed by atoms with Gasteiger partial charge in [0.15, 0.2) is 10.9 Å². The van der Waals surface area contributed by atoms with Crippen molar-refractivity contribution in [3.05, 3.63) is 69.5 Å². The molecule has 3 aromatic rings. The van der Waals surface area contributed by atoms with Crippen molar-refractivity contribution < 1.29 is 4.79 Å². The normalized spacial score (nSPS) is 11.0. The van der Waals surface area contributed by atoms with Gasteiger partial charge < -0.3 is 0 Å². The predicted octanol–water partition coefficient (Wildman–Crippen LogP) is 4.83. The fraction of sp³-hybridized carbons (Fsp3) is 0.250. The molecule has 0 aliphatic rings.